The van der Waals surface area contributed by atoms with Crippen LogP contribution in [-0.4, -0.2) is 21.6 Å². The lowest BCUT2D eigenvalue weighted by Crippen LogP contribution is -2.45. The van der Waals surface area contributed by atoms with E-state index in [1.165, 1.54) is 0 Å². The summed E-state index contributed by atoms with van der Waals surface area (Å²) in [5.41, 5.74) is 7.33. The lowest BCUT2D eigenvalue weighted by Gasteiger charge is -2.37. The molecule has 24 heavy (non-hydrogen) atoms. The maximum absolute atomic E-state index is 6.43. The van der Waals surface area contributed by atoms with Gasteiger partial charge in [-0.3, -0.25) is 0 Å². The van der Waals surface area contributed by atoms with Gasteiger partial charge in [0.15, 0.2) is 11.6 Å². The van der Waals surface area contributed by atoms with Gasteiger partial charge in [0, 0.05) is 16.1 Å². The molecular weight excluding hydrogens is 322 g/mol. The van der Waals surface area contributed by atoms with Crippen LogP contribution in [0.4, 0.5) is 0 Å². The van der Waals surface area contributed by atoms with Crippen molar-refractivity contribution in [2.45, 2.75) is 57.1 Å². The second-order valence-electron chi connectivity index (χ2n) is 6.68. The summed E-state index contributed by atoms with van der Waals surface area (Å²) in [6.07, 6.45) is 9.94. The number of nitrogens with two attached hydrogens (primary N) is 1. The van der Waals surface area contributed by atoms with Gasteiger partial charge in [-0.25, -0.2) is 9.97 Å². The van der Waals surface area contributed by atoms with Crippen molar-refractivity contribution in [2.24, 2.45) is 5.73 Å². The Morgan fingerprint density at radius 1 is 1.25 bits per heavy atom. The van der Waals surface area contributed by atoms with Gasteiger partial charge in [-0.1, -0.05) is 37.1 Å². The Bertz CT molecular complexity index is 667. The summed E-state index contributed by atoms with van der Waals surface area (Å²) in [6.45, 7) is 2.19. The third kappa shape index (κ3) is 4.25. The number of rotatable bonds is 5. The lowest BCUT2D eigenvalue weighted by molar-refractivity contribution is 0.113. The number of benzene rings is 1. The molecule has 1 aliphatic carbocycles. The first kappa shape index (κ1) is 17.2. The predicted molar refractivity (Wildman–Crippen MR) is 97.2 cm³/mol. The molecule has 0 atom stereocenters. The molecule has 0 spiro atoms. The van der Waals surface area contributed by atoms with Crippen LogP contribution >= 0.6 is 11.6 Å². The molecule has 128 valence electrons. The number of halogens is 1. The van der Waals surface area contributed by atoms with E-state index >= 15 is 0 Å². The summed E-state index contributed by atoms with van der Waals surface area (Å²) < 4.78 is 6.03. The molecule has 1 heterocycles. The molecule has 0 unspecified atom stereocenters. The highest BCUT2D eigenvalue weighted by atomic mass is 35.5. The third-order valence-electron chi connectivity index (χ3n) is 4.69. The molecule has 2 aromatic rings. The van der Waals surface area contributed by atoms with Crippen LogP contribution < -0.4 is 10.5 Å². The zero-order chi connectivity index (χ0) is 17.0. The number of ether oxygens (including phenoxy) is 1. The molecule has 1 aliphatic rings. The van der Waals surface area contributed by atoms with E-state index in [1.807, 2.05) is 24.3 Å². The monoisotopic (exact) mass is 345 g/mol. The van der Waals surface area contributed by atoms with Crippen molar-refractivity contribution in [2.75, 3.05) is 0 Å². The van der Waals surface area contributed by atoms with Crippen LogP contribution in [0.3, 0.4) is 0 Å². The third-order valence-corrected chi connectivity index (χ3v) is 4.93. The molecule has 0 radical (unpaired) electrons. The molecule has 1 aromatic carbocycles. The van der Waals surface area contributed by atoms with Gasteiger partial charge in [-0.2, -0.15) is 0 Å². The minimum absolute atomic E-state index is 0.00153. The van der Waals surface area contributed by atoms with Crippen molar-refractivity contribution in [3.05, 3.63) is 41.7 Å². The summed E-state index contributed by atoms with van der Waals surface area (Å²) in [5.74, 6) is 1.36. The summed E-state index contributed by atoms with van der Waals surface area (Å²) in [6, 6.07) is 7.52. The first-order valence-electron chi connectivity index (χ1n) is 8.61. The smallest absolute Gasteiger partial charge is 0.159 e. The van der Waals surface area contributed by atoms with E-state index in [0.29, 0.717) is 16.6 Å². The van der Waals surface area contributed by atoms with E-state index in [0.717, 1.165) is 44.1 Å². The number of aromatic nitrogens is 2. The van der Waals surface area contributed by atoms with Gasteiger partial charge in [0.05, 0.1) is 18.5 Å². The average molecular weight is 346 g/mol. The van der Waals surface area contributed by atoms with E-state index in [1.54, 1.807) is 12.4 Å². The summed E-state index contributed by atoms with van der Waals surface area (Å²) in [5, 5.41) is 0.677. The fourth-order valence-electron chi connectivity index (χ4n) is 3.38. The van der Waals surface area contributed by atoms with Gasteiger partial charge < -0.3 is 10.5 Å². The van der Waals surface area contributed by atoms with Crippen LogP contribution in [0, 0.1) is 0 Å². The zero-order valence-electron chi connectivity index (χ0n) is 14.0. The van der Waals surface area contributed by atoms with Crippen molar-refractivity contribution in [1.82, 2.24) is 9.97 Å². The van der Waals surface area contributed by atoms with Gasteiger partial charge in [0.1, 0.15) is 0 Å². The first-order valence-corrected chi connectivity index (χ1v) is 8.99. The Morgan fingerprint density at radius 3 is 2.58 bits per heavy atom. The lowest BCUT2D eigenvalue weighted by atomic mass is 9.78. The molecule has 5 heteroatoms. The van der Waals surface area contributed by atoms with E-state index in [4.69, 9.17) is 22.1 Å². The van der Waals surface area contributed by atoms with Crippen molar-refractivity contribution in [3.8, 4) is 17.1 Å². The molecule has 4 nitrogen and oxygen atoms in total. The van der Waals surface area contributed by atoms with E-state index in [2.05, 4.69) is 16.9 Å². The fourth-order valence-corrected chi connectivity index (χ4v) is 3.57. The number of hydrogen-bond donors (Lipinski definition) is 1. The molecule has 0 bridgehead atoms. The topological polar surface area (TPSA) is 61.0 Å². The maximum atomic E-state index is 6.43. The molecule has 2 N–H and O–H groups in total. The van der Waals surface area contributed by atoms with Crippen molar-refractivity contribution in [1.29, 1.82) is 0 Å². The zero-order valence-corrected chi connectivity index (χ0v) is 14.8. The van der Waals surface area contributed by atoms with Crippen LogP contribution in [-0.2, 0) is 0 Å². The summed E-state index contributed by atoms with van der Waals surface area (Å²) in [4.78, 5) is 8.79. The van der Waals surface area contributed by atoms with Gasteiger partial charge in [0.25, 0.3) is 0 Å². The minimum Gasteiger partial charge on any atom is -0.487 e. The van der Waals surface area contributed by atoms with Crippen molar-refractivity contribution in [3.63, 3.8) is 0 Å². The number of nitrogens with zero attached hydrogens (tertiary/aromatic N) is 2. The van der Waals surface area contributed by atoms with E-state index in [-0.39, 0.29) is 11.6 Å². The highest BCUT2D eigenvalue weighted by Gasteiger charge is 2.31. The normalized spacial score (nSPS) is 23.9. The summed E-state index contributed by atoms with van der Waals surface area (Å²) >= 11 is 6.01. The second kappa shape index (κ2) is 7.49. The quantitative estimate of drug-likeness (QED) is 0.859. The molecule has 0 amide bonds. The Labute approximate surface area is 148 Å². The molecular formula is C19H24ClN3O. The van der Waals surface area contributed by atoms with Gasteiger partial charge in [0.2, 0.25) is 0 Å². The maximum Gasteiger partial charge on any atom is 0.159 e. The van der Waals surface area contributed by atoms with E-state index < -0.39 is 0 Å². The molecule has 0 saturated heterocycles. The molecule has 1 fully saturated rings. The predicted octanol–water partition coefficient (Wildman–Crippen LogP) is 4.62. The average Bonchev–Trinajstić information content (AvgIpc) is 2.58. The summed E-state index contributed by atoms with van der Waals surface area (Å²) in [7, 11) is 0. The van der Waals surface area contributed by atoms with Gasteiger partial charge >= 0.3 is 0 Å². The van der Waals surface area contributed by atoms with Gasteiger partial charge in [-0.15, -0.1) is 0 Å². The molecule has 1 saturated carbocycles. The van der Waals surface area contributed by atoms with Gasteiger partial charge in [-0.05, 0) is 44.2 Å². The Balaban J connectivity index is 1.59. The van der Waals surface area contributed by atoms with E-state index in [9.17, 15) is 0 Å². The van der Waals surface area contributed by atoms with Crippen LogP contribution in [0.25, 0.3) is 11.4 Å². The highest BCUT2D eigenvalue weighted by Crippen LogP contribution is 2.32. The first-order chi connectivity index (χ1) is 11.6. The SMILES string of the molecule is CCCC1(N)CCC(Oc2cnc(-c3cccc(Cl)c3)nc2)CC1. The second-order valence-corrected chi connectivity index (χ2v) is 7.12. The Hall–Kier alpha value is -1.65. The molecule has 0 aliphatic heterocycles. The fraction of sp³-hybridized carbons (Fsp3) is 0.474. The van der Waals surface area contributed by atoms with Crippen LogP contribution in [0.1, 0.15) is 45.4 Å². The van der Waals surface area contributed by atoms with Crippen LogP contribution in [0.2, 0.25) is 5.02 Å². The molecule has 1 aromatic heterocycles. The standard InChI is InChI=1S/C19H24ClN3O/c1-2-8-19(21)9-6-16(7-10-19)24-17-12-22-18(23-13-17)14-4-3-5-15(20)11-14/h3-5,11-13,16H,2,6-10,21H2,1H3. The number of hydrogen-bond acceptors (Lipinski definition) is 4. The van der Waals surface area contributed by atoms with Crippen molar-refractivity contribution < 1.29 is 4.74 Å². The van der Waals surface area contributed by atoms with Crippen LogP contribution in [0.15, 0.2) is 36.7 Å². The van der Waals surface area contributed by atoms with Crippen molar-refractivity contribution >= 4 is 11.6 Å². The molecule has 3 rings (SSSR count). The largest absolute Gasteiger partial charge is 0.487 e. The minimum atomic E-state index is 0.00153. The Morgan fingerprint density at radius 2 is 1.96 bits per heavy atom. The Kier molecular flexibility index (Phi) is 5.36. The highest BCUT2D eigenvalue weighted by molar-refractivity contribution is 6.30. The van der Waals surface area contributed by atoms with Crippen LogP contribution in [0.5, 0.6) is 5.75 Å².